The number of rotatable bonds is 3. The lowest BCUT2D eigenvalue weighted by molar-refractivity contribution is 0.0904. The maximum Gasteiger partial charge on any atom is 0.252 e. The molecule has 2 atom stereocenters. The van der Waals surface area contributed by atoms with Gasteiger partial charge in [0.2, 0.25) is 0 Å². The van der Waals surface area contributed by atoms with E-state index in [1.165, 1.54) is 6.92 Å². The number of amides is 1. The third kappa shape index (κ3) is 3.20. The first-order chi connectivity index (χ1) is 9.09. The molecule has 1 amide bonds. The third-order valence-electron chi connectivity index (χ3n) is 3.65. The van der Waals surface area contributed by atoms with E-state index >= 15 is 0 Å². The van der Waals surface area contributed by atoms with Crippen molar-refractivity contribution in [1.29, 1.82) is 0 Å². The van der Waals surface area contributed by atoms with Gasteiger partial charge in [-0.2, -0.15) is 0 Å². The van der Waals surface area contributed by atoms with E-state index in [0.717, 1.165) is 19.5 Å². The first-order valence-electron chi connectivity index (χ1n) is 6.71. The lowest BCUT2D eigenvalue weighted by Gasteiger charge is -2.30. The highest BCUT2D eigenvalue weighted by molar-refractivity contribution is 6.07. The molecule has 1 fully saturated rings. The Morgan fingerprint density at radius 2 is 1.95 bits per heavy atom. The highest BCUT2D eigenvalue weighted by atomic mass is 16.2. The Kier molecular flexibility index (Phi) is 4.32. The van der Waals surface area contributed by atoms with Gasteiger partial charge in [0.25, 0.3) is 5.91 Å². The minimum atomic E-state index is -0.149. The minimum Gasteiger partial charge on any atom is -0.349 e. The Labute approximate surface area is 113 Å². The average molecular weight is 260 g/mol. The quantitative estimate of drug-likeness (QED) is 0.812. The predicted octanol–water partition coefficient (Wildman–Crippen LogP) is 1.62. The first-order valence-corrected chi connectivity index (χ1v) is 6.71. The van der Waals surface area contributed by atoms with Gasteiger partial charge in [0.1, 0.15) is 0 Å². The minimum absolute atomic E-state index is 0.0795. The summed E-state index contributed by atoms with van der Waals surface area (Å²) < 4.78 is 0. The van der Waals surface area contributed by atoms with Gasteiger partial charge in [-0.15, -0.1) is 0 Å². The molecule has 0 aromatic heterocycles. The second kappa shape index (κ2) is 5.97. The molecule has 1 aliphatic heterocycles. The molecule has 0 spiro atoms. The van der Waals surface area contributed by atoms with Crippen molar-refractivity contribution in [2.24, 2.45) is 5.92 Å². The number of carbonyl (C=O) groups excluding carboxylic acids is 2. The smallest absolute Gasteiger partial charge is 0.252 e. The fourth-order valence-electron chi connectivity index (χ4n) is 2.46. The van der Waals surface area contributed by atoms with Crippen LogP contribution < -0.4 is 10.6 Å². The van der Waals surface area contributed by atoms with Crippen LogP contribution in [0.15, 0.2) is 24.3 Å². The van der Waals surface area contributed by atoms with Gasteiger partial charge in [-0.1, -0.05) is 25.1 Å². The first kappa shape index (κ1) is 13.7. The summed E-state index contributed by atoms with van der Waals surface area (Å²) >= 11 is 0. The summed E-state index contributed by atoms with van der Waals surface area (Å²) in [6.07, 6.45) is 0.926. The molecule has 2 N–H and O–H groups in total. The monoisotopic (exact) mass is 260 g/mol. The van der Waals surface area contributed by atoms with Crippen LogP contribution in [0.2, 0.25) is 0 Å². The summed E-state index contributed by atoms with van der Waals surface area (Å²) in [6.45, 7) is 5.44. The summed E-state index contributed by atoms with van der Waals surface area (Å²) in [5.74, 6) is 0.177. The van der Waals surface area contributed by atoms with Gasteiger partial charge < -0.3 is 10.6 Å². The van der Waals surface area contributed by atoms with E-state index in [-0.39, 0.29) is 17.7 Å². The van der Waals surface area contributed by atoms with Crippen LogP contribution in [0.3, 0.4) is 0 Å². The lowest BCUT2D eigenvalue weighted by Crippen LogP contribution is -2.48. The number of Topliss-reactive ketones (excluding diaryl/α,β-unsaturated/α-hetero) is 1. The van der Waals surface area contributed by atoms with Crippen molar-refractivity contribution in [3.63, 3.8) is 0 Å². The Hall–Kier alpha value is -1.68. The zero-order valence-corrected chi connectivity index (χ0v) is 11.4. The van der Waals surface area contributed by atoms with Crippen molar-refractivity contribution in [3.8, 4) is 0 Å². The van der Waals surface area contributed by atoms with E-state index in [0.29, 0.717) is 17.0 Å². The maximum absolute atomic E-state index is 12.3. The molecule has 0 aliphatic carbocycles. The van der Waals surface area contributed by atoms with Gasteiger partial charge in [-0.25, -0.2) is 0 Å². The summed E-state index contributed by atoms with van der Waals surface area (Å²) in [5, 5.41) is 6.35. The zero-order valence-electron chi connectivity index (χ0n) is 11.4. The molecule has 4 heteroatoms. The van der Waals surface area contributed by atoms with Crippen LogP contribution in [-0.4, -0.2) is 30.8 Å². The number of nitrogens with one attached hydrogen (secondary N) is 2. The van der Waals surface area contributed by atoms with E-state index in [9.17, 15) is 9.59 Å². The van der Waals surface area contributed by atoms with Gasteiger partial charge in [0.05, 0.1) is 5.56 Å². The number of carbonyl (C=O) groups is 2. The fourth-order valence-corrected chi connectivity index (χ4v) is 2.46. The molecule has 1 saturated heterocycles. The number of hydrogen-bond acceptors (Lipinski definition) is 3. The molecule has 0 saturated carbocycles. The van der Waals surface area contributed by atoms with Gasteiger partial charge >= 0.3 is 0 Å². The highest BCUT2D eigenvalue weighted by Gasteiger charge is 2.24. The Morgan fingerprint density at radius 1 is 1.26 bits per heavy atom. The summed E-state index contributed by atoms with van der Waals surface area (Å²) in [5.41, 5.74) is 0.960. The third-order valence-corrected chi connectivity index (χ3v) is 3.65. The van der Waals surface area contributed by atoms with Crippen LogP contribution in [-0.2, 0) is 0 Å². The molecule has 2 rings (SSSR count). The molecular formula is C15H20N2O2. The van der Waals surface area contributed by atoms with Crippen molar-refractivity contribution in [1.82, 2.24) is 10.6 Å². The summed E-state index contributed by atoms with van der Waals surface area (Å²) in [6, 6.07) is 7.14. The van der Waals surface area contributed by atoms with Crippen LogP contribution in [0, 0.1) is 5.92 Å². The zero-order chi connectivity index (χ0) is 13.8. The standard InChI is InChI=1S/C15H20N2O2/c1-10-9-16-8-7-14(10)17-15(19)13-6-4-3-5-12(13)11(2)18/h3-6,10,14,16H,7-9H2,1-2H3,(H,17,19). The fraction of sp³-hybridized carbons (Fsp3) is 0.467. The molecule has 0 bridgehead atoms. The molecule has 4 nitrogen and oxygen atoms in total. The second-order valence-corrected chi connectivity index (χ2v) is 5.15. The molecule has 1 aliphatic rings. The number of ketones is 1. The SMILES string of the molecule is CC(=O)c1ccccc1C(=O)NC1CCNCC1C. The van der Waals surface area contributed by atoms with Crippen LogP contribution >= 0.6 is 0 Å². The highest BCUT2D eigenvalue weighted by Crippen LogP contribution is 2.14. The van der Waals surface area contributed by atoms with Crippen LogP contribution in [0.4, 0.5) is 0 Å². The number of hydrogen-bond donors (Lipinski definition) is 2. The number of piperidine rings is 1. The predicted molar refractivity (Wildman–Crippen MR) is 74.4 cm³/mol. The maximum atomic E-state index is 12.3. The van der Waals surface area contributed by atoms with Crippen molar-refractivity contribution in [2.75, 3.05) is 13.1 Å². The van der Waals surface area contributed by atoms with Crippen molar-refractivity contribution in [3.05, 3.63) is 35.4 Å². The molecule has 1 aromatic rings. The van der Waals surface area contributed by atoms with E-state index in [1.54, 1.807) is 24.3 Å². The molecule has 0 radical (unpaired) electrons. The van der Waals surface area contributed by atoms with Crippen molar-refractivity contribution >= 4 is 11.7 Å². The molecule has 1 aromatic carbocycles. The largest absolute Gasteiger partial charge is 0.349 e. The second-order valence-electron chi connectivity index (χ2n) is 5.15. The summed E-state index contributed by atoms with van der Waals surface area (Å²) in [7, 11) is 0. The Bertz CT molecular complexity index is 485. The van der Waals surface area contributed by atoms with Gasteiger partial charge in [0.15, 0.2) is 5.78 Å². The van der Waals surface area contributed by atoms with Gasteiger partial charge in [-0.05, 0) is 38.4 Å². The lowest BCUT2D eigenvalue weighted by atomic mass is 9.94. The van der Waals surface area contributed by atoms with Crippen LogP contribution in [0.1, 0.15) is 41.0 Å². The van der Waals surface area contributed by atoms with E-state index < -0.39 is 0 Å². The summed E-state index contributed by atoms with van der Waals surface area (Å²) in [4.78, 5) is 23.8. The van der Waals surface area contributed by atoms with Crippen molar-refractivity contribution in [2.45, 2.75) is 26.3 Å². The molecular weight excluding hydrogens is 240 g/mol. The average Bonchev–Trinajstić information content (AvgIpc) is 2.41. The van der Waals surface area contributed by atoms with Gasteiger partial charge in [0, 0.05) is 11.6 Å². The Balaban J connectivity index is 2.13. The Morgan fingerprint density at radius 3 is 2.58 bits per heavy atom. The van der Waals surface area contributed by atoms with Crippen molar-refractivity contribution < 1.29 is 9.59 Å². The normalized spacial score (nSPS) is 22.8. The molecule has 19 heavy (non-hydrogen) atoms. The number of benzene rings is 1. The topological polar surface area (TPSA) is 58.2 Å². The van der Waals surface area contributed by atoms with Crippen LogP contribution in [0.5, 0.6) is 0 Å². The van der Waals surface area contributed by atoms with E-state index in [4.69, 9.17) is 0 Å². The van der Waals surface area contributed by atoms with E-state index in [2.05, 4.69) is 17.6 Å². The molecule has 102 valence electrons. The van der Waals surface area contributed by atoms with Crippen LogP contribution in [0.25, 0.3) is 0 Å². The molecule has 2 unspecified atom stereocenters. The van der Waals surface area contributed by atoms with Gasteiger partial charge in [-0.3, -0.25) is 9.59 Å². The molecule has 1 heterocycles. The van der Waals surface area contributed by atoms with E-state index in [1.807, 2.05) is 0 Å².